The molecule has 1 aliphatic rings. The first-order chi connectivity index (χ1) is 10.2. The van der Waals surface area contributed by atoms with Gasteiger partial charge in [-0.2, -0.15) is 5.26 Å². The van der Waals surface area contributed by atoms with Gasteiger partial charge in [-0.3, -0.25) is 0 Å². The molecule has 2 aromatic carbocycles. The van der Waals surface area contributed by atoms with E-state index in [2.05, 4.69) is 17.9 Å². The van der Waals surface area contributed by atoms with E-state index in [4.69, 9.17) is 17.3 Å². The number of nitriles is 1. The summed E-state index contributed by atoms with van der Waals surface area (Å²) >= 11 is 6.11. The number of benzene rings is 2. The molecule has 3 rings (SSSR count). The molecule has 0 spiro atoms. The fraction of sp³-hybridized carbons (Fsp3) is 0.235. The summed E-state index contributed by atoms with van der Waals surface area (Å²) in [6, 6.07) is 16.0. The van der Waals surface area contributed by atoms with Crippen LogP contribution in [-0.4, -0.2) is 6.54 Å². The van der Waals surface area contributed by atoms with Crippen LogP contribution in [0.5, 0.6) is 0 Å². The van der Waals surface area contributed by atoms with E-state index >= 15 is 0 Å². The molecule has 1 heterocycles. The highest BCUT2D eigenvalue weighted by Gasteiger charge is 2.38. The normalized spacial score (nSPS) is 20.1. The van der Waals surface area contributed by atoms with Gasteiger partial charge >= 0.3 is 0 Å². The van der Waals surface area contributed by atoms with Crippen LogP contribution in [0, 0.1) is 11.3 Å². The Labute approximate surface area is 129 Å². The van der Waals surface area contributed by atoms with Crippen LogP contribution < -0.4 is 10.6 Å². The number of fused-ring (bicyclic) bond motifs is 1. The fourth-order valence-electron chi connectivity index (χ4n) is 3.11. The lowest BCUT2D eigenvalue weighted by atomic mass is 9.91. The largest absolute Gasteiger partial charge is 0.399 e. The molecule has 0 radical (unpaired) electrons. The van der Waals surface area contributed by atoms with Crippen LogP contribution in [0.25, 0.3) is 0 Å². The summed E-state index contributed by atoms with van der Waals surface area (Å²) in [6.45, 7) is 2.93. The molecule has 106 valence electrons. The summed E-state index contributed by atoms with van der Waals surface area (Å²) in [6.07, 6.45) is 0. The molecule has 0 aromatic heterocycles. The van der Waals surface area contributed by atoms with Crippen molar-refractivity contribution in [3.8, 4) is 6.07 Å². The zero-order valence-corrected chi connectivity index (χ0v) is 12.5. The Morgan fingerprint density at radius 3 is 2.57 bits per heavy atom. The molecular weight excluding hydrogens is 282 g/mol. The molecule has 0 amide bonds. The molecule has 1 aliphatic heterocycles. The van der Waals surface area contributed by atoms with E-state index in [1.165, 1.54) is 0 Å². The van der Waals surface area contributed by atoms with E-state index in [0.29, 0.717) is 5.02 Å². The highest BCUT2D eigenvalue weighted by atomic mass is 35.5. The zero-order valence-electron chi connectivity index (χ0n) is 11.8. The smallest absolute Gasteiger partial charge is 0.0978 e. The molecule has 2 atom stereocenters. The zero-order chi connectivity index (χ0) is 15.0. The third kappa shape index (κ3) is 2.22. The first kappa shape index (κ1) is 13.8. The second-order valence-electron chi connectivity index (χ2n) is 5.21. The van der Waals surface area contributed by atoms with Gasteiger partial charge < -0.3 is 10.6 Å². The highest BCUT2D eigenvalue weighted by molar-refractivity contribution is 6.30. The van der Waals surface area contributed by atoms with Gasteiger partial charge in [-0.05, 0) is 48.4 Å². The number of nitrogens with zero attached hydrogens (tertiary/aromatic N) is 2. The molecule has 2 aromatic rings. The summed E-state index contributed by atoms with van der Waals surface area (Å²) in [5.74, 6) is -0.220. The van der Waals surface area contributed by atoms with Gasteiger partial charge in [-0.15, -0.1) is 0 Å². The number of nitrogens with two attached hydrogens (primary N) is 1. The minimum absolute atomic E-state index is 0.00840. The van der Waals surface area contributed by atoms with Crippen molar-refractivity contribution < 1.29 is 0 Å². The van der Waals surface area contributed by atoms with E-state index in [0.717, 1.165) is 29.0 Å². The van der Waals surface area contributed by atoms with Crippen LogP contribution in [-0.2, 0) is 0 Å². The highest BCUT2D eigenvalue weighted by Crippen LogP contribution is 2.49. The maximum absolute atomic E-state index is 9.66. The Kier molecular flexibility index (Phi) is 3.48. The fourth-order valence-corrected chi connectivity index (χ4v) is 3.29. The number of hydrogen-bond acceptors (Lipinski definition) is 3. The van der Waals surface area contributed by atoms with Crippen LogP contribution in [0.3, 0.4) is 0 Å². The molecule has 0 aliphatic carbocycles. The van der Waals surface area contributed by atoms with Gasteiger partial charge in [0, 0.05) is 22.9 Å². The van der Waals surface area contributed by atoms with Gasteiger partial charge in [-0.25, -0.2) is 0 Å². The van der Waals surface area contributed by atoms with Crippen LogP contribution in [0.4, 0.5) is 11.4 Å². The predicted octanol–water partition coefficient (Wildman–Crippen LogP) is 4.11. The van der Waals surface area contributed by atoms with E-state index in [9.17, 15) is 5.26 Å². The number of rotatable bonds is 2. The monoisotopic (exact) mass is 297 g/mol. The van der Waals surface area contributed by atoms with Gasteiger partial charge in [0.15, 0.2) is 0 Å². The number of anilines is 2. The van der Waals surface area contributed by atoms with Crippen LogP contribution >= 0.6 is 11.6 Å². The third-order valence-corrected chi connectivity index (χ3v) is 4.28. The van der Waals surface area contributed by atoms with E-state index in [1.54, 1.807) is 0 Å². The van der Waals surface area contributed by atoms with Crippen molar-refractivity contribution in [1.29, 1.82) is 5.26 Å². The van der Waals surface area contributed by atoms with Crippen molar-refractivity contribution in [3.05, 3.63) is 58.6 Å². The molecule has 0 saturated carbocycles. The topological polar surface area (TPSA) is 53.0 Å². The molecule has 0 saturated heterocycles. The number of likely N-dealkylation sites (N-methyl/N-ethyl adjacent to an activating group) is 1. The Morgan fingerprint density at radius 1 is 1.24 bits per heavy atom. The maximum atomic E-state index is 9.66. The first-order valence-electron chi connectivity index (χ1n) is 6.97. The molecule has 2 N–H and O–H groups in total. The lowest BCUT2D eigenvalue weighted by Crippen LogP contribution is -2.26. The number of hydrogen-bond donors (Lipinski definition) is 1. The Morgan fingerprint density at radius 2 is 1.95 bits per heavy atom. The SMILES string of the molecule is CCN1c2ccc(Cl)cc2C(C#N)C1c1ccc(N)cc1. The average Bonchev–Trinajstić information content (AvgIpc) is 2.80. The van der Waals surface area contributed by atoms with E-state index in [1.807, 2.05) is 42.5 Å². The molecule has 0 fully saturated rings. The van der Waals surface area contributed by atoms with Gasteiger partial charge in [0.1, 0.15) is 0 Å². The van der Waals surface area contributed by atoms with Crippen molar-refractivity contribution in [1.82, 2.24) is 0 Å². The van der Waals surface area contributed by atoms with Gasteiger partial charge in [-0.1, -0.05) is 23.7 Å². The lowest BCUT2D eigenvalue weighted by Gasteiger charge is -2.27. The Bertz CT molecular complexity index is 703. The van der Waals surface area contributed by atoms with Crippen LogP contribution in [0.15, 0.2) is 42.5 Å². The summed E-state index contributed by atoms with van der Waals surface area (Å²) in [7, 11) is 0. The maximum Gasteiger partial charge on any atom is 0.0978 e. The quantitative estimate of drug-likeness (QED) is 0.849. The minimum atomic E-state index is -0.220. The van der Waals surface area contributed by atoms with Gasteiger partial charge in [0.05, 0.1) is 18.0 Å². The van der Waals surface area contributed by atoms with Crippen LogP contribution in [0.1, 0.15) is 30.0 Å². The summed E-state index contributed by atoms with van der Waals surface area (Å²) < 4.78 is 0. The first-order valence-corrected chi connectivity index (χ1v) is 7.34. The summed E-state index contributed by atoms with van der Waals surface area (Å²) in [4.78, 5) is 2.26. The van der Waals surface area contributed by atoms with Crippen molar-refractivity contribution in [2.45, 2.75) is 18.9 Å². The lowest BCUT2D eigenvalue weighted by molar-refractivity contribution is 0.632. The third-order valence-electron chi connectivity index (χ3n) is 4.04. The molecule has 21 heavy (non-hydrogen) atoms. The van der Waals surface area contributed by atoms with E-state index < -0.39 is 0 Å². The van der Waals surface area contributed by atoms with Gasteiger partial charge in [0.25, 0.3) is 0 Å². The second kappa shape index (κ2) is 5.31. The predicted molar refractivity (Wildman–Crippen MR) is 86.4 cm³/mol. The Balaban J connectivity index is 2.13. The summed E-state index contributed by atoms with van der Waals surface area (Å²) in [5, 5.41) is 10.3. The van der Waals surface area contributed by atoms with Gasteiger partial charge in [0.2, 0.25) is 0 Å². The molecule has 0 bridgehead atoms. The van der Waals surface area contributed by atoms with Crippen molar-refractivity contribution in [2.75, 3.05) is 17.2 Å². The molecular formula is C17H16ClN3. The second-order valence-corrected chi connectivity index (χ2v) is 5.64. The summed E-state index contributed by atoms with van der Waals surface area (Å²) in [5.41, 5.74) is 9.70. The van der Waals surface area contributed by atoms with E-state index in [-0.39, 0.29) is 12.0 Å². The molecule has 4 heteroatoms. The van der Waals surface area contributed by atoms with Crippen molar-refractivity contribution >= 4 is 23.0 Å². The van der Waals surface area contributed by atoms with Crippen molar-refractivity contribution in [2.24, 2.45) is 0 Å². The number of nitrogen functional groups attached to an aromatic ring is 1. The minimum Gasteiger partial charge on any atom is -0.399 e. The standard InChI is InChI=1S/C17H16ClN3/c1-2-21-16-8-5-12(18)9-14(16)15(10-19)17(21)11-3-6-13(20)7-4-11/h3-9,15,17H,2,20H2,1H3. The van der Waals surface area contributed by atoms with Crippen molar-refractivity contribution in [3.63, 3.8) is 0 Å². The average molecular weight is 298 g/mol. The molecule has 3 nitrogen and oxygen atoms in total. The molecule has 2 unspecified atom stereocenters. The Hall–Kier alpha value is -2.18. The van der Waals surface area contributed by atoms with Crippen LogP contribution in [0.2, 0.25) is 5.02 Å². The number of halogens is 1.